The first kappa shape index (κ1) is 25.9. The van der Waals surface area contributed by atoms with E-state index in [4.69, 9.17) is 0 Å². The highest BCUT2D eigenvalue weighted by Gasteiger charge is 2.34. The van der Waals surface area contributed by atoms with Crippen LogP contribution in [0.3, 0.4) is 0 Å². The molecule has 1 aromatic rings. The van der Waals surface area contributed by atoms with Crippen molar-refractivity contribution in [2.45, 2.75) is 44.7 Å². The number of benzene rings is 1. The molecule has 0 saturated carbocycles. The van der Waals surface area contributed by atoms with Gasteiger partial charge in [-0.05, 0) is 31.0 Å². The first-order valence-corrected chi connectivity index (χ1v) is 11.0. The first-order valence-electron chi connectivity index (χ1n) is 9.53. The van der Waals surface area contributed by atoms with E-state index >= 15 is 0 Å². The fraction of sp³-hybridized carbons (Fsp3) is 0.579. The molecule has 0 aliphatic heterocycles. The van der Waals surface area contributed by atoms with Crippen LogP contribution in [0.2, 0.25) is 0 Å². The molecule has 30 heavy (non-hydrogen) atoms. The smallest absolute Gasteiger partial charge is 0.406 e. The maximum Gasteiger partial charge on any atom is 0.406 e. The molecule has 0 fully saturated rings. The largest absolute Gasteiger partial charge is 0.465 e. The van der Waals surface area contributed by atoms with E-state index in [1.54, 1.807) is 13.8 Å². The lowest BCUT2D eigenvalue weighted by molar-refractivity contribution is -0.167. The van der Waals surface area contributed by atoms with E-state index in [0.717, 1.165) is 0 Å². The van der Waals surface area contributed by atoms with Crippen LogP contribution in [0.25, 0.3) is 0 Å². The third kappa shape index (κ3) is 7.94. The Labute approximate surface area is 174 Å². The van der Waals surface area contributed by atoms with Crippen molar-refractivity contribution in [1.29, 1.82) is 0 Å². The second kappa shape index (κ2) is 11.3. The van der Waals surface area contributed by atoms with E-state index < -0.39 is 41.2 Å². The molecule has 0 N–H and O–H groups in total. The van der Waals surface area contributed by atoms with Crippen LogP contribution in [0.1, 0.15) is 32.8 Å². The van der Waals surface area contributed by atoms with Crippen LogP contribution in [0.4, 0.5) is 13.2 Å². The van der Waals surface area contributed by atoms with Crippen molar-refractivity contribution in [2.24, 2.45) is 0 Å². The topological polar surface area (TPSA) is 84.0 Å². The van der Waals surface area contributed by atoms with Crippen molar-refractivity contribution < 1.29 is 35.9 Å². The average molecular weight is 452 g/mol. The number of amides is 1. The van der Waals surface area contributed by atoms with Crippen LogP contribution in [-0.2, 0) is 30.8 Å². The Morgan fingerprint density at radius 1 is 1.03 bits per heavy atom. The van der Waals surface area contributed by atoms with E-state index in [2.05, 4.69) is 4.74 Å². The third-order valence-corrected chi connectivity index (χ3v) is 6.31. The van der Waals surface area contributed by atoms with Gasteiger partial charge >= 0.3 is 12.1 Å². The summed E-state index contributed by atoms with van der Waals surface area (Å²) in [5.74, 6) is -1.76. The second-order valence-corrected chi connectivity index (χ2v) is 8.34. The molecule has 0 heterocycles. The molecule has 0 aliphatic carbocycles. The van der Waals surface area contributed by atoms with E-state index in [9.17, 15) is 31.2 Å². The van der Waals surface area contributed by atoms with Crippen LogP contribution in [-0.4, -0.2) is 68.5 Å². The van der Waals surface area contributed by atoms with E-state index in [1.807, 2.05) is 0 Å². The predicted molar refractivity (Wildman–Crippen MR) is 104 cm³/mol. The van der Waals surface area contributed by atoms with Gasteiger partial charge < -0.3 is 9.64 Å². The minimum Gasteiger partial charge on any atom is -0.465 e. The number of hydrogen-bond acceptors (Lipinski definition) is 5. The predicted octanol–water partition coefficient (Wildman–Crippen LogP) is 2.60. The summed E-state index contributed by atoms with van der Waals surface area (Å²) in [6, 6.07) is 5.84. The molecule has 7 nitrogen and oxygen atoms in total. The second-order valence-electron chi connectivity index (χ2n) is 6.40. The van der Waals surface area contributed by atoms with Gasteiger partial charge in [0.1, 0.15) is 13.1 Å². The minimum absolute atomic E-state index is 0.00434. The van der Waals surface area contributed by atoms with Crippen molar-refractivity contribution in [3.05, 3.63) is 29.8 Å². The molecule has 0 aliphatic rings. The maximum atomic E-state index is 12.7. The minimum atomic E-state index is -4.65. The maximum absolute atomic E-state index is 12.7. The first-order chi connectivity index (χ1) is 13.9. The van der Waals surface area contributed by atoms with Gasteiger partial charge in [-0.15, -0.1) is 0 Å². The molecule has 11 heteroatoms. The molecular formula is C19H27F3N2O5S. The highest BCUT2D eigenvalue weighted by Crippen LogP contribution is 2.19. The molecule has 0 bridgehead atoms. The average Bonchev–Trinajstić information content (AvgIpc) is 2.65. The molecule has 0 unspecified atom stereocenters. The Bertz CT molecular complexity index is 806. The van der Waals surface area contributed by atoms with Crippen LogP contribution in [0, 0.1) is 0 Å². The quantitative estimate of drug-likeness (QED) is 0.482. The zero-order valence-corrected chi connectivity index (χ0v) is 18.1. The Morgan fingerprint density at radius 2 is 1.60 bits per heavy atom. The summed E-state index contributed by atoms with van der Waals surface area (Å²) in [6.45, 7) is 3.27. The summed E-state index contributed by atoms with van der Waals surface area (Å²) in [7, 11) is -3.62. The van der Waals surface area contributed by atoms with E-state index in [1.165, 1.54) is 35.5 Å². The van der Waals surface area contributed by atoms with Gasteiger partial charge in [0.2, 0.25) is 15.9 Å². The summed E-state index contributed by atoms with van der Waals surface area (Å²) < 4.78 is 69.1. The van der Waals surface area contributed by atoms with Gasteiger partial charge in [0.15, 0.2) is 0 Å². The molecule has 1 aromatic carbocycles. The van der Waals surface area contributed by atoms with Crippen LogP contribution >= 0.6 is 0 Å². The molecule has 1 amide bonds. The van der Waals surface area contributed by atoms with Crippen LogP contribution in [0.15, 0.2) is 29.2 Å². The lowest BCUT2D eigenvalue weighted by Gasteiger charge is -2.23. The lowest BCUT2D eigenvalue weighted by Crippen LogP contribution is -2.42. The molecule has 0 spiro atoms. The Balaban J connectivity index is 2.82. The van der Waals surface area contributed by atoms with Gasteiger partial charge in [0.05, 0.1) is 11.5 Å². The molecule has 1 rings (SSSR count). The zero-order chi connectivity index (χ0) is 22.9. The van der Waals surface area contributed by atoms with Crippen LogP contribution in [0.5, 0.6) is 0 Å². The van der Waals surface area contributed by atoms with Gasteiger partial charge in [-0.25, -0.2) is 8.42 Å². The molecule has 0 radical (unpaired) electrons. The number of carbonyl (C=O) groups is 2. The number of alkyl halides is 3. The van der Waals surface area contributed by atoms with Crippen molar-refractivity contribution in [3.8, 4) is 0 Å². The van der Waals surface area contributed by atoms with Gasteiger partial charge in [0.25, 0.3) is 0 Å². The van der Waals surface area contributed by atoms with Crippen molar-refractivity contribution >= 4 is 21.9 Å². The summed E-state index contributed by atoms with van der Waals surface area (Å²) in [6.07, 6.45) is -4.82. The lowest BCUT2D eigenvalue weighted by atomic mass is 10.1. The Kier molecular flexibility index (Phi) is 9.76. The molecule has 0 atom stereocenters. The number of carbonyl (C=O) groups excluding carboxylic acids is 2. The summed E-state index contributed by atoms with van der Waals surface area (Å²) in [5.41, 5.74) is 0.588. The number of hydrogen-bond donors (Lipinski definition) is 0. The third-order valence-electron chi connectivity index (χ3n) is 4.24. The molecule has 0 saturated heterocycles. The highest BCUT2D eigenvalue weighted by molar-refractivity contribution is 7.89. The SMILES string of the molecule is CCOC(=O)CN(CC(F)(F)F)C(=O)CCc1ccc(S(=O)(=O)N(CC)CC)cc1. The molecule has 170 valence electrons. The van der Waals surface area contributed by atoms with Crippen LogP contribution < -0.4 is 0 Å². The monoisotopic (exact) mass is 452 g/mol. The van der Waals surface area contributed by atoms with Crippen molar-refractivity contribution in [3.63, 3.8) is 0 Å². The van der Waals surface area contributed by atoms with Crippen molar-refractivity contribution in [1.82, 2.24) is 9.21 Å². The number of ether oxygens (including phenoxy) is 1. The Hall–Kier alpha value is -2.14. The van der Waals surface area contributed by atoms with Gasteiger partial charge in [-0.2, -0.15) is 17.5 Å². The number of aryl methyl sites for hydroxylation is 1. The number of rotatable bonds is 11. The van der Waals surface area contributed by atoms with Gasteiger partial charge in [-0.3, -0.25) is 9.59 Å². The fourth-order valence-corrected chi connectivity index (χ4v) is 4.22. The standard InChI is InChI=1S/C19H27F3N2O5S/c1-4-24(5-2)30(27,28)16-10-7-15(8-11-16)9-12-17(25)23(14-19(20,21)22)13-18(26)29-6-3/h7-8,10-11H,4-6,9,12-14H2,1-3H3. The molecular weight excluding hydrogens is 425 g/mol. The van der Waals surface area contributed by atoms with Crippen molar-refractivity contribution in [2.75, 3.05) is 32.8 Å². The van der Waals surface area contributed by atoms with E-state index in [-0.39, 0.29) is 24.3 Å². The number of esters is 1. The number of sulfonamides is 1. The van der Waals surface area contributed by atoms with Gasteiger partial charge in [0, 0.05) is 19.5 Å². The summed E-state index contributed by atoms with van der Waals surface area (Å²) in [5, 5.41) is 0. The summed E-state index contributed by atoms with van der Waals surface area (Å²) >= 11 is 0. The zero-order valence-electron chi connectivity index (χ0n) is 17.2. The number of halogens is 3. The molecule has 0 aromatic heterocycles. The highest BCUT2D eigenvalue weighted by atomic mass is 32.2. The number of nitrogens with zero attached hydrogens (tertiary/aromatic N) is 2. The fourth-order valence-electron chi connectivity index (χ4n) is 2.76. The normalized spacial score (nSPS) is 12.1. The van der Waals surface area contributed by atoms with Gasteiger partial charge in [-0.1, -0.05) is 26.0 Å². The Morgan fingerprint density at radius 3 is 2.07 bits per heavy atom. The summed E-state index contributed by atoms with van der Waals surface area (Å²) in [4.78, 5) is 24.3. The van der Waals surface area contributed by atoms with E-state index in [0.29, 0.717) is 23.6 Å².